The Bertz CT molecular complexity index is 454. The molecule has 0 spiro atoms. The van der Waals surface area contributed by atoms with Gasteiger partial charge in [-0.3, -0.25) is 4.90 Å². The highest BCUT2D eigenvalue weighted by atomic mass is 32.1. The summed E-state index contributed by atoms with van der Waals surface area (Å²) in [5.74, 6) is 1.02. The summed E-state index contributed by atoms with van der Waals surface area (Å²) in [5, 5.41) is 4.41. The van der Waals surface area contributed by atoms with Gasteiger partial charge in [-0.2, -0.15) is 11.3 Å². The Morgan fingerprint density at radius 3 is 2.50 bits per heavy atom. The molecule has 0 radical (unpaired) electrons. The van der Waals surface area contributed by atoms with E-state index in [1.807, 2.05) is 0 Å². The van der Waals surface area contributed by atoms with Crippen LogP contribution in [0.2, 0.25) is 0 Å². The summed E-state index contributed by atoms with van der Waals surface area (Å²) >= 11 is 1.78. The maximum Gasteiger partial charge on any atom is 0.0877 e. The topological polar surface area (TPSA) is 19.0 Å². The largest absolute Gasteiger partial charge is 0.373 e. The van der Waals surface area contributed by atoms with E-state index >= 15 is 0 Å². The van der Waals surface area contributed by atoms with Gasteiger partial charge in [-0.05, 0) is 30.2 Å². The molecule has 3 fully saturated rings. The van der Waals surface area contributed by atoms with E-state index in [4.69, 9.17) is 4.74 Å². The monoisotopic (exact) mass is 321 g/mol. The van der Waals surface area contributed by atoms with Crippen LogP contribution in [-0.4, -0.2) is 74.9 Å². The number of morpholine rings is 1. The van der Waals surface area contributed by atoms with Crippen LogP contribution < -0.4 is 4.90 Å². The van der Waals surface area contributed by atoms with Crippen molar-refractivity contribution in [3.05, 3.63) is 16.8 Å². The predicted octanol–water partition coefficient (Wildman–Crippen LogP) is 1.98. The Morgan fingerprint density at radius 1 is 1.05 bits per heavy atom. The Morgan fingerprint density at radius 2 is 1.82 bits per heavy atom. The van der Waals surface area contributed by atoms with Gasteiger partial charge in [0.25, 0.3) is 0 Å². The number of thiophene rings is 1. The van der Waals surface area contributed by atoms with Gasteiger partial charge >= 0.3 is 0 Å². The van der Waals surface area contributed by atoms with Crippen LogP contribution in [0.3, 0.4) is 0 Å². The zero-order valence-electron chi connectivity index (χ0n) is 13.3. The van der Waals surface area contributed by atoms with E-state index in [1.54, 1.807) is 11.3 Å². The molecule has 4 rings (SSSR count). The summed E-state index contributed by atoms with van der Waals surface area (Å²) in [6, 6.07) is 2.23. The van der Waals surface area contributed by atoms with Crippen LogP contribution in [0.1, 0.15) is 12.8 Å². The highest BCUT2D eigenvalue weighted by Gasteiger charge is 2.28. The predicted molar refractivity (Wildman–Crippen MR) is 91.9 cm³/mol. The molecule has 0 bridgehead atoms. The van der Waals surface area contributed by atoms with Crippen molar-refractivity contribution in [2.45, 2.75) is 18.9 Å². The normalized spacial score (nSPS) is 28.2. The molecule has 2 saturated heterocycles. The fourth-order valence-electron chi connectivity index (χ4n) is 3.61. The van der Waals surface area contributed by atoms with Gasteiger partial charge in [-0.15, -0.1) is 0 Å². The van der Waals surface area contributed by atoms with Crippen molar-refractivity contribution in [1.29, 1.82) is 0 Å². The molecule has 0 amide bonds. The van der Waals surface area contributed by atoms with Gasteiger partial charge in [0.05, 0.1) is 12.7 Å². The minimum absolute atomic E-state index is 0.364. The first-order valence-electron chi connectivity index (χ1n) is 8.70. The number of nitrogens with zero attached hydrogens (tertiary/aromatic N) is 3. The van der Waals surface area contributed by atoms with E-state index in [1.165, 1.54) is 51.3 Å². The Kier molecular flexibility index (Phi) is 4.67. The van der Waals surface area contributed by atoms with Gasteiger partial charge in [-0.1, -0.05) is 0 Å². The fraction of sp³-hybridized carbons (Fsp3) is 0.765. The third-order valence-electron chi connectivity index (χ3n) is 5.15. The average Bonchev–Trinajstić information content (AvgIpc) is 3.19. The number of ether oxygens (including phenoxy) is 1. The first-order chi connectivity index (χ1) is 10.9. The molecule has 1 aliphatic carbocycles. The van der Waals surface area contributed by atoms with Crippen molar-refractivity contribution in [2.75, 3.05) is 63.9 Å². The van der Waals surface area contributed by atoms with Crippen LogP contribution in [0.15, 0.2) is 16.8 Å². The van der Waals surface area contributed by atoms with E-state index in [2.05, 4.69) is 31.5 Å². The molecule has 2 aliphatic heterocycles. The lowest BCUT2D eigenvalue weighted by atomic mass is 10.2. The zero-order chi connectivity index (χ0) is 14.8. The van der Waals surface area contributed by atoms with Crippen LogP contribution in [0.25, 0.3) is 0 Å². The second-order valence-electron chi connectivity index (χ2n) is 6.96. The number of hydrogen-bond acceptors (Lipinski definition) is 5. The van der Waals surface area contributed by atoms with Crippen molar-refractivity contribution in [2.24, 2.45) is 5.92 Å². The van der Waals surface area contributed by atoms with Gasteiger partial charge in [0.15, 0.2) is 0 Å². The standard InChI is InChI=1S/C17H27N3OS/c1-2-15(1)11-18-4-6-19(7-5-18)12-17-13-20(8-9-21-17)16-3-10-22-14-16/h3,10,14-15,17H,1-2,4-9,11-13H2. The first kappa shape index (κ1) is 14.9. The number of anilines is 1. The van der Waals surface area contributed by atoms with Crippen molar-refractivity contribution in [1.82, 2.24) is 9.80 Å². The highest BCUT2D eigenvalue weighted by Crippen LogP contribution is 2.30. The molecule has 3 heterocycles. The van der Waals surface area contributed by atoms with Gasteiger partial charge < -0.3 is 14.5 Å². The second kappa shape index (κ2) is 6.87. The molecule has 122 valence electrons. The molecule has 22 heavy (non-hydrogen) atoms. The third kappa shape index (κ3) is 3.82. The maximum atomic E-state index is 6.02. The van der Waals surface area contributed by atoms with Gasteiger partial charge in [0, 0.05) is 63.4 Å². The van der Waals surface area contributed by atoms with E-state index in [-0.39, 0.29) is 0 Å². The summed E-state index contributed by atoms with van der Waals surface area (Å²) < 4.78 is 6.02. The molecule has 1 aromatic heterocycles. The molecule has 4 nitrogen and oxygen atoms in total. The number of rotatable bonds is 5. The van der Waals surface area contributed by atoms with Crippen LogP contribution >= 0.6 is 11.3 Å². The lowest BCUT2D eigenvalue weighted by molar-refractivity contribution is 0.00456. The molecule has 3 aliphatic rings. The van der Waals surface area contributed by atoms with Crippen LogP contribution in [0.5, 0.6) is 0 Å². The summed E-state index contributed by atoms with van der Waals surface area (Å²) in [5.41, 5.74) is 1.37. The van der Waals surface area contributed by atoms with Crippen LogP contribution in [-0.2, 0) is 4.74 Å². The Balaban J connectivity index is 1.23. The number of piperazine rings is 1. The lowest BCUT2D eigenvalue weighted by Gasteiger charge is -2.39. The molecular formula is C17H27N3OS. The third-order valence-corrected chi connectivity index (χ3v) is 5.82. The van der Waals surface area contributed by atoms with Crippen molar-refractivity contribution < 1.29 is 4.74 Å². The lowest BCUT2D eigenvalue weighted by Crippen LogP contribution is -2.52. The summed E-state index contributed by atoms with van der Waals surface area (Å²) in [7, 11) is 0. The van der Waals surface area contributed by atoms with Crippen molar-refractivity contribution in [3.63, 3.8) is 0 Å². The Hall–Kier alpha value is -0.620. The van der Waals surface area contributed by atoms with E-state index in [9.17, 15) is 0 Å². The highest BCUT2D eigenvalue weighted by molar-refractivity contribution is 7.08. The smallest absolute Gasteiger partial charge is 0.0877 e. The fourth-order valence-corrected chi connectivity index (χ4v) is 4.27. The molecule has 1 aromatic rings. The molecule has 1 atom stereocenters. The molecule has 1 unspecified atom stereocenters. The molecule has 1 saturated carbocycles. The van der Waals surface area contributed by atoms with Crippen LogP contribution in [0.4, 0.5) is 5.69 Å². The van der Waals surface area contributed by atoms with Crippen molar-refractivity contribution in [3.8, 4) is 0 Å². The quantitative estimate of drug-likeness (QED) is 0.825. The summed E-state index contributed by atoms with van der Waals surface area (Å²) in [6.45, 7) is 10.3. The zero-order valence-corrected chi connectivity index (χ0v) is 14.1. The number of hydrogen-bond donors (Lipinski definition) is 0. The Labute approximate surface area is 137 Å². The maximum absolute atomic E-state index is 6.02. The summed E-state index contributed by atoms with van der Waals surface area (Å²) in [4.78, 5) is 7.74. The van der Waals surface area contributed by atoms with Crippen LogP contribution in [0, 0.1) is 5.92 Å². The SMILES string of the molecule is c1cc(N2CCOC(CN3CCN(CC4CC4)CC3)C2)cs1. The minimum Gasteiger partial charge on any atom is -0.373 e. The van der Waals surface area contributed by atoms with E-state index in [0.717, 1.165) is 32.2 Å². The molecule has 0 N–H and O–H groups in total. The van der Waals surface area contributed by atoms with Gasteiger partial charge in [0.1, 0.15) is 0 Å². The minimum atomic E-state index is 0.364. The van der Waals surface area contributed by atoms with E-state index < -0.39 is 0 Å². The molecule has 5 heteroatoms. The van der Waals surface area contributed by atoms with Gasteiger partial charge in [0.2, 0.25) is 0 Å². The van der Waals surface area contributed by atoms with Crippen molar-refractivity contribution >= 4 is 17.0 Å². The second-order valence-corrected chi connectivity index (χ2v) is 7.74. The first-order valence-corrected chi connectivity index (χ1v) is 9.64. The average molecular weight is 321 g/mol. The van der Waals surface area contributed by atoms with E-state index in [0.29, 0.717) is 6.10 Å². The molecular weight excluding hydrogens is 294 g/mol. The molecule has 0 aromatic carbocycles. The summed E-state index contributed by atoms with van der Waals surface area (Å²) in [6.07, 6.45) is 3.30. The van der Waals surface area contributed by atoms with Gasteiger partial charge in [-0.25, -0.2) is 0 Å².